The maximum Gasteiger partial charge on any atom is 0.255 e. The van der Waals surface area contributed by atoms with Gasteiger partial charge in [-0.1, -0.05) is 26.8 Å². The Kier molecular flexibility index (Phi) is 3.72. The molecule has 1 heterocycles. The number of nitrogens with one attached hydrogen (secondary N) is 2. The van der Waals surface area contributed by atoms with E-state index in [4.69, 9.17) is 0 Å². The van der Waals surface area contributed by atoms with E-state index in [1.54, 1.807) is 24.4 Å². The fraction of sp³-hybridized carbons (Fsp3) is 0.211. The Hall–Kier alpha value is -2.95. The van der Waals surface area contributed by atoms with E-state index in [1.807, 2.05) is 32.9 Å². The largest absolute Gasteiger partial charge is 0.506 e. The Bertz CT molecular complexity index is 920. The quantitative estimate of drug-likeness (QED) is 0.535. The zero-order valence-corrected chi connectivity index (χ0v) is 13.8. The molecule has 3 rings (SSSR count). The van der Waals surface area contributed by atoms with E-state index in [0.717, 1.165) is 10.9 Å². The van der Waals surface area contributed by atoms with Gasteiger partial charge in [0.25, 0.3) is 5.91 Å². The van der Waals surface area contributed by atoms with Gasteiger partial charge in [0.05, 0.1) is 0 Å². The highest BCUT2D eigenvalue weighted by molar-refractivity contribution is 6.07. The van der Waals surface area contributed by atoms with Crippen LogP contribution >= 0.6 is 0 Å². The molecule has 1 aromatic heterocycles. The number of rotatable bonds is 2. The van der Waals surface area contributed by atoms with E-state index in [2.05, 4.69) is 10.3 Å². The summed E-state index contributed by atoms with van der Waals surface area (Å²) in [6.45, 7) is 5.85. The summed E-state index contributed by atoms with van der Waals surface area (Å²) in [6.07, 6.45) is 1.80. The van der Waals surface area contributed by atoms with E-state index in [0.29, 0.717) is 11.1 Å². The third-order valence-corrected chi connectivity index (χ3v) is 4.02. The fourth-order valence-electron chi connectivity index (χ4n) is 2.69. The molecule has 0 unspecified atom stereocenters. The molecule has 0 saturated carbocycles. The third kappa shape index (κ3) is 2.80. The van der Waals surface area contributed by atoms with Gasteiger partial charge in [-0.2, -0.15) is 0 Å². The maximum absolute atomic E-state index is 12.5. The first-order chi connectivity index (χ1) is 11.3. The summed E-state index contributed by atoms with van der Waals surface area (Å²) in [5.41, 5.74) is 1.74. The highest BCUT2D eigenvalue weighted by atomic mass is 16.3. The maximum atomic E-state index is 12.5. The first-order valence-corrected chi connectivity index (χ1v) is 7.71. The summed E-state index contributed by atoms with van der Waals surface area (Å²) in [5, 5.41) is 24.0. The molecule has 0 aliphatic rings. The van der Waals surface area contributed by atoms with Crippen molar-refractivity contribution in [3.63, 3.8) is 0 Å². The number of hydrogen-bond donors (Lipinski definition) is 4. The van der Waals surface area contributed by atoms with Gasteiger partial charge >= 0.3 is 0 Å². The van der Waals surface area contributed by atoms with Crippen molar-refractivity contribution in [2.24, 2.45) is 0 Å². The number of hydrogen-bond acceptors (Lipinski definition) is 3. The van der Waals surface area contributed by atoms with Gasteiger partial charge in [0.15, 0.2) is 0 Å². The number of carbonyl (C=O) groups is 1. The molecule has 4 N–H and O–H groups in total. The van der Waals surface area contributed by atoms with Gasteiger partial charge < -0.3 is 20.5 Å². The van der Waals surface area contributed by atoms with Gasteiger partial charge in [0.1, 0.15) is 17.2 Å². The van der Waals surface area contributed by atoms with Gasteiger partial charge in [0.2, 0.25) is 0 Å². The minimum Gasteiger partial charge on any atom is -0.506 e. The lowest BCUT2D eigenvalue weighted by atomic mass is 9.86. The molecule has 2 aromatic carbocycles. The molecule has 0 bridgehead atoms. The SMILES string of the molecule is CC(C)(C)c1ccc(O)c(NC(=O)c2ccc3[nH]ccc3c2)c1O. The topological polar surface area (TPSA) is 85.4 Å². The summed E-state index contributed by atoms with van der Waals surface area (Å²) in [4.78, 5) is 15.6. The summed E-state index contributed by atoms with van der Waals surface area (Å²) in [5.74, 6) is -0.676. The zero-order chi connectivity index (χ0) is 17.5. The van der Waals surface area contributed by atoms with Crippen LogP contribution in [-0.4, -0.2) is 21.1 Å². The van der Waals surface area contributed by atoms with E-state index >= 15 is 0 Å². The Morgan fingerprint density at radius 1 is 1.08 bits per heavy atom. The van der Waals surface area contributed by atoms with Gasteiger partial charge in [-0.15, -0.1) is 0 Å². The van der Waals surface area contributed by atoms with Gasteiger partial charge in [-0.25, -0.2) is 0 Å². The Balaban J connectivity index is 1.96. The standard InChI is InChI=1S/C19H20N2O3/c1-19(2,3)13-5-7-15(22)16(17(13)23)21-18(24)12-4-6-14-11(10-12)8-9-20-14/h4-10,20,22-23H,1-3H3,(H,21,24). The van der Waals surface area contributed by atoms with Crippen LogP contribution in [0.5, 0.6) is 11.5 Å². The van der Waals surface area contributed by atoms with Crippen LogP contribution in [0.3, 0.4) is 0 Å². The lowest BCUT2D eigenvalue weighted by molar-refractivity contribution is 0.102. The Morgan fingerprint density at radius 2 is 1.83 bits per heavy atom. The molecule has 0 fully saturated rings. The normalized spacial score (nSPS) is 11.6. The van der Waals surface area contributed by atoms with Crippen molar-refractivity contribution in [3.8, 4) is 11.5 Å². The molecule has 0 aliphatic heterocycles. The number of phenolic OH excluding ortho intramolecular Hbond substituents is 2. The van der Waals surface area contributed by atoms with E-state index in [-0.39, 0.29) is 22.6 Å². The predicted octanol–water partition coefficient (Wildman–Crippen LogP) is 4.13. The molecule has 1 amide bonds. The Morgan fingerprint density at radius 3 is 2.54 bits per heavy atom. The first-order valence-electron chi connectivity index (χ1n) is 7.71. The average molecular weight is 324 g/mol. The minimum absolute atomic E-state index is 0.0293. The van der Waals surface area contributed by atoms with Crippen molar-refractivity contribution < 1.29 is 15.0 Å². The highest BCUT2D eigenvalue weighted by Gasteiger charge is 2.23. The summed E-state index contributed by atoms with van der Waals surface area (Å²) < 4.78 is 0. The van der Waals surface area contributed by atoms with Crippen LogP contribution in [0.15, 0.2) is 42.6 Å². The number of amides is 1. The first kappa shape index (κ1) is 15.9. The third-order valence-electron chi connectivity index (χ3n) is 4.02. The van der Waals surface area contributed by atoms with Gasteiger partial charge in [0, 0.05) is 28.2 Å². The molecule has 0 saturated heterocycles. The molecule has 0 spiro atoms. The van der Waals surface area contributed by atoms with Crippen LogP contribution in [-0.2, 0) is 5.41 Å². The van der Waals surface area contributed by atoms with Crippen LogP contribution in [0.4, 0.5) is 5.69 Å². The second kappa shape index (κ2) is 5.60. The molecule has 24 heavy (non-hydrogen) atoms. The second-order valence-electron chi connectivity index (χ2n) is 6.84. The molecule has 3 aromatic rings. The number of aromatic hydroxyl groups is 2. The van der Waals surface area contributed by atoms with Crippen molar-refractivity contribution in [3.05, 3.63) is 53.7 Å². The lowest BCUT2D eigenvalue weighted by Crippen LogP contribution is -2.15. The summed E-state index contributed by atoms with van der Waals surface area (Å²) >= 11 is 0. The molecule has 124 valence electrons. The average Bonchev–Trinajstić information content (AvgIpc) is 2.97. The highest BCUT2D eigenvalue weighted by Crippen LogP contribution is 2.41. The van der Waals surface area contributed by atoms with Crippen LogP contribution in [0, 0.1) is 0 Å². The van der Waals surface area contributed by atoms with Crippen molar-refractivity contribution >= 4 is 22.5 Å². The van der Waals surface area contributed by atoms with Crippen LogP contribution in [0.1, 0.15) is 36.7 Å². The predicted molar refractivity (Wildman–Crippen MR) is 94.7 cm³/mol. The number of phenols is 2. The number of benzene rings is 2. The molecule has 5 nitrogen and oxygen atoms in total. The van der Waals surface area contributed by atoms with Crippen molar-refractivity contribution in [2.45, 2.75) is 26.2 Å². The molecular formula is C19H20N2O3. The number of anilines is 1. The zero-order valence-electron chi connectivity index (χ0n) is 13.8. The second-order valence-corrected chi connectivity index (χ2v) is 6.84. The number of aromatic amines is 1. The minimum atomic E-state index is -0.394. The Labute approximate surface area is 140 Å². The lowest BCUT2D eigenvalue weighted by Gasteiger charge is -2.22. The van der Waals surface area contributed by atoms with Gasteiger partial charge in [-0.05, 0) is 35.7 Å². The summed E-state index contributed by atoms with van der Waals surface area (Å²) in [7, 11) is 0. The van der Waals surface area contributed by atoms with Crippen LogP contribution in [0.25, 0.3) is 10.9 Å². The van der Waals surface area contributed by atoms with Crippen molar-refractivity contribution in [2.75, 3.05) is 5.32 Å². The van der Waals surface area contributed by atoms with Gasteiger partial charge in [-0.3, -0.25) is 4.79 Å². The molecule has 0 radical (unpaired) electrons. The van der Waals surface area contributed by atoms with Crippen molar-refractivity contribution in [1.82, 2.24) is 4.98 Å². The summed E-state index contributed by atoms with van der Waals surface area (Å²) in [6, 6.07) is 10.3. The van der Waals surface area contributed by atoms with Crippen LogP contribution < -0.4 is 5.32 Å². The molecule has 5 heteroatoms. The smallest absolute Gasteiger partial charge is 0.255 e. The van der Waals surface area contributed by atoms with E-state index in [9.17, 15) is 15.0 Å². The molecular weight excluding hydrogens is 304 g/mol. The monoisotopic (exact) mass is 324 g/mol. The van der Waals surface area contributed by atoms with E-state index < -0.39 is 5.91 Å². The number of fused-ring (bicyclic) bond motifs is 1. The van der Waals surface area contributed by atoms with E-state index in [1.165, 1.54) is 6.07 Å². The fourth-order valence-corrected chi connectivity index (χ4v) is 2.69. The number of carbonyl (C=O) groups excluding carboxylic acids is 1. The number of H-pyrrole nitrogens is 1. The van der Waals surface area contributed by atoms with Crippen molar-refractivity contribution in [1.29, 1.82) is 0 Å². The number of aromatic nitrogens is 1. The molecule has 0 aliphatic carbocycles. The van der Waals surface area contributed by atoms with Crippen LogP contribution in [0.2, 0.25) is 0 Å². The molecule has 0 atom stereocenters.